The maximum absolute atomic E-state index is 6.13. The Labute approximate surface area is 107 Å². The van der Waals surface area contributed by atoms with Gasteiger partial charge in [0.05, 0.1) is 17.6 Å². The van der Waals surface area contributed by atoms with E-state index in [4.69, 9.17) is 5.73 Å². The van der Waals surface area contributed by atoms with Gasteiger partial charge in [0, 0.05) is 39.4 Å². The summed E-state index contributed by atoms with van der Waals surface area (Å²) >= 11 is 0. The molecule has 0 spiro atoms. The standard InChI is InChI=1S/C12H20N6/c1-5-10-11(13)12(18(4)15-10)16(2)7-9-6-14-17(3)8-9/h6,8H,5,7,13H2,1-4H3. The molecule has 0 saturated carbocycles. The Morgan fingerprint density at radius 2 is 2.11 bits per heavy atom. The van der Waals surface area contributed by atoms with Crippen LogP contribution in [0.3, 0.4) is 0 Å². The van der Waals surface area contributed by atoms with Crippen LogP contribution in [-0.4, -0.2) is 26.6 Å². The predicted octanol–water partition coefficient (Wildman–Crippen LogP) is 0.935. The Morgan fingerprint density at radius 3 is 2.61 bits per heavy atom. The number of hydrogen-bond acceptors (Lipinski definition) is 4. The maximum atomic E-state index is 6.13. The predicted molar refractivity (Wildman–Crippen MR) is 72.3 cm³/mol. The van der Waals surface area contributed by atoms with E-state index in [2.05, 4.69) is 22.0 Å². The van der Waals surface area contributed by atoms with Crippen molar-refractivity contribution < 1.29 is 0 Å². The molecule has 2 rings (SSSR count). The monoisotopic (exact) mass is 248 g/mol. The average molecular weight is 248 g/mol. The third kappa shape index (κ3) is 2.18. The largest absolute Gasteiger partial charge is 0.394 e. The first kappa shape index (κ1) is 12.5. The molecule has 0 radical (unpaired) electrons. The van der Waals surface area contributed by atoms with Crippen molar-refractivity contribution in [2.45, 2.75) is 19.9 Å². The number of anilines is 2. The number of nitrogens with zero attached hydrogens (tertiary/aromatic N) is 5. The van der Waals surface area contributed by atoms with Gasteiger partial charge in [0.2, 0.25) is 0 Å². The number of hydrogen-bond donors (Lipinski definition) is 1. The molecule has 0 aliphatic rings. The fourth-order valence-electron chi connectivity index (χ4n) is 2.20. The SMILES string of the molecule is CCc1nn(C)c(N(C)Cc2cnn(C)c2)c1N. The summed E-state index contributed by atoms with van der Waals surface area (Å²) in [5.41, 5.74) is 9.00. The second kappa shape index (κ2) is 4.72. The number of aryl methyl sites for hydroxylation is 3. The quantitative estimate of drug-likeness (QED) is 0.874. The van der Waals surface area contributed by atoms with Crippen molar-refractivity contribution in [3.05, 3.63) is 23.7 Å². The van der Waals surface area contributed by atoms with Crippen LogP contribution in [0.15, 0.2) is 12.4 Å². The van der Waals surface area contributed by atoms with E-state index < -0.39 is 0 Å². The highest BCUT2D eigenvalue weighted by Crippen LogP contribution is 2.26. The zero-order chi connectivity index (χ0) is 13.3. The minimum Gasteiger partial charge on any atom is -0.394 e. The van der Waals surface area contributed by atoms with E-state index in [9.17, 15) is 0 Å². The minimum absolute atomic E-state index is 0.765. The molecule has 0 aromatic carbocycles. The maximum Gasteiger partial charge on any atom is 0.150 e. The van der Waals surface area contributed by atoms with Gasteiger partial charge in [0.1, 0.15) is 5.82 Å². The van der Waals surface area contributed by atoms with E-state index >= 15 is 0 Å². The number of nitrogens with two attached hydrogens (primary N) is 1. The highest BCUT2D eigenvalue weighted by Gasteiger charge is 2.16. The fraction of sp³-hybridized carbons (Fsp3) is 0.500. The van der Waals surface area contributed by atoms with E-state index in [1.54, 1.807) is 4.68 Å². The molecule has 0 bridgehead atoms. The molecule has 0 saturated heterocycles. The summed E-state index contributed by atoms with van der Waals surface area (Å²) < 4.78 is 3.64. The van der Waals surface area contributed by atoms with E-state index in [1.807, 2.05) is 38.2 Å². The van der Waals surface area contributed by atoms with Gasteiger partial charge in [-0.05, 0) is 6.42 Å². The van der Waals surface area contributed by atoms with Crippen molar-refractivity contribution in [3.8, 4) is 0 Å². The smallest absolute Gasteiger partial charge is 0.150 e. The molecule has 0 unspecified atom stereocenters. The first-order valence-corrected chi connectivity index (χ1v) is 6.03. The molecule has 0 atom stereocenters. The van der Waals surface area contributed by atoms with Crippen LogP contribution in [-0.2, 0) is 27.1 Å². The Balaban J connectivity index is 2.23. The van der Waals surface area contributed by atoms with Crippen molar-refractivity contribution in [2.75, 3.05) is 17.7 Å². The fourth-order valence-corrected chi connectivity index (χ4v) is 2.20. The summed E-state index contributed by atoms with van der Waals surface area (Å²) in [6.07, 6.45) is 4.72. The summed E-state index contributed by atoms with van der Waals surface area (Å²) in [6.45, 7) is 2.82. The van der Waals surface area contributed by atoms with Crippen LogP contribution < -0.4 is 10.6 Å². The minimum atomic E-state index is 0.765. The molecule has 0 fully saturated rings. The van der Waals surface area contributed by atoms with E-state index in [0.29, 0.717) is 0 Å². The molecule has 2 heterocycles. The zero-order valence-electron chi connectivity index (χ0n) is 11.4. The molecule has 98 valence electrons. The van der Waals surface area contributed by atoms with Crippen molar-refractivity contribution in [1.82, 2.24) is 19.6 Å². The number of nitrogen functional groups attached to an aromatic ring is 1. The van der Waals surface area contributed by atoms with Crippen LogP contribution in [0.5, 0.6) is 0 Å². The van der Waals surface area contributed by atoms with Gasteiger partial charge < -0.3 is 10.6 Å². The Hall–Kier alpha value is -1.98. The first-order valence-electron chi connectivity index (χ1n) is 6.03. The summed E-state index contributed by atoms with van der Waals surface area (Å²) in [6, 6.07) is 0. The summed E-state index contributed by atoms with van der Waals surface area (Å²) in [7, 11) is 5.85. The van der Waals surface area contributed by atoms with Crippen molar-refractivity contribution in [1.29, 1.82) is 0 Å². The second-order valence-electron chi connectivity index (χ2n) is 4.54. The van der Waals surface area contributed by atoms with Crippen molar-refractivity contribution in [3.63, 3.8) is 0 Å². The van der Waals surface area contributed by atoms with Crippen LogP contribution in [0.4, 0.5) is 11.5 Å². The van der Waals surface area contributed by atoms with Gasteiger partial charge in [-0.15, -0.1) is 0 Å². The molecule has 6 heteroatoms. The van der Waals surface area contributed by atoms with E-state index in [1.165, 1.54) is 0 Å². The Bertz CT molecular complexity index is 539. The lowest BCUT2D eigenvalue weighted by atomic mass is 10.2. The molecule has 6 nitrogen and oxygen atoms in total. The normalized spacial score (nSPS) is 10.9. The van der Waals surface area contributed by atoms with Gasteiger partial charge in [0.25, 0.3) is 0 Å². The van der Waals surface area contributed by atoms with Gasteiger partial charge in [-0.25, -0.2) is 0 Å². The van der Waals surface area contributed by atoms with Gasteiger partial charge in [-0.1, -0.05) is 6.92 Å². The highest BCUT2D eigenvalue weighted by atomic mass is 15.4. The first-order chi connectivity index (χ1) is 8.52. The summed E-state index contributed by atoms with van der Waals surface area (Å²) in [5, 5.41) is 8.59. The summed E-state index contributed by atoms with van der Waals surface area (Å²) in [4.78, 5) is 2.10. The van der Waals surface area contributed by atoms with Crippen LogP contribution in [0.25, 0.3) is 0 Å². The van der Waals surface area contributed by atoms with Crippen LogP contribution >= 0.6 is 0 Å². The molecule has 0 aliphatic heterocycles. The lowest BCUT2D eigenvalue weighted by molar-refractivity contribution is 0.720. The molecule has 0 aliphatic carbocycles. The summed E-state index contributed by atoms with van der Waals surface area (Å²) in [5.74, 6) is 0.954. The molecule has 0 amide bonds. The van der Waals surface area contributed by atoms with E-state index in [0.717, 1.165) is 35.7 Å². The molecule has 18 heavy (non-hydrogen) atoms. The average Bonchev–Trinajstić information content (AvgIpc) is 2.83. The molecule has 2 aromatic heterocycles. The number of aromatic nitrogens is 4. The van der Waals surface area contributed by atoms with Crippen LogP contribution in [0, 0.1) is 0 Å². The lowest BCUT2D eigenvalue weighted by Gasteiger charge is -2.19. The van der Waals surface area contributed by atoms with Crippen LogP contribution in [0.1, 0.15) is 18.2 Å². The van der Waals surface area contributed by atoms with Crippen LogP contribution in [0.2, 0.25) is 0 Å². The van der Waals surface area contributed by atoms with Gasteiger partial charge >= 0.3 is 0 Å². The van der Waals surface area contributed by atoms with Crippen molar-refractivity contribution >= 4 is 11.5 Å². The molecular formula is C12H20N6. The Morgan fingerprint density at radius 1 is 1.39 bits per heavy atom. The van der Waals surface area contributed by atoms with Gasteiger partial charge in [0.15, 0.2) is 0 Å². The van der Waals surface area contributed by atoms with Gasteiger partial charge in [-0.3, -0.25) is 9.36 Å². The highest BCUT2D eigenvalue weighted by molar-refractivity contribution is 5.66. The third-order valence-electron chi connectivity index (χ3n) is 3.00. The van der Waals surface area contributed by atoms with Crippen molar-refractivity contribution in [2.24, 2.45) is 14.1 Å². The Kier molecular flexibility index (Phi) is 3.27. The second-order valence-corrected chi connectivity index (χ2v) is 4.54. The van der Waals surface area contributed by atoms with Gasteiger partial charge in [-0.2, -0.15) is 10.2 Å². The van der Waals surface area contributed by atoms with E-state index in [-0.39, 0.29) is 0 Å². The third-order valence-corrected chi connectivity index (χ3v) is 3.00. The molecule has 2 aromatic rings. The zero-order valence-corrected chi connectivity index (χ0v) is 11.4. The topological polar surface area (TPSA) is 64.9 Å². The molecular weight excluding hydrogens is 228 g/mol. The lowest BCUT2D eigenvalue weighted by Crippen LogP contribution is -2.20. The molecule has 2 N–H and O–H groups in total. The number of rotatable bonds is 4.